The zero-order valence-electron chi connectivity index (χ0n) is 12.9. The Hall–Kier alpha value is -1.59. The van der Waals surface area contributed by atoms with Crippen LogP contribution in [0, 0.1) is 5.92 Å². The molecular formula is C16H24ClN3O2. The minimum absolute atomic E-state index is 0. The van der Waals surface area contributed by atoms with Crippen LogP contribution in [-0.2, 0) is 4.79 Å². The van der Waals surface area contributed by atoms with Gasteiger partial charge in [0.25, 0.3) is 5.91 Å². The molecule has 0 saturated carbocycles. The Morgan fingerprint density at radius 3 is 2.86 bits per heavy atom. The molecule has 1 unspecified atom stereocenters. The van der Waals surface area contributed by atoms with Crippen LogP contribution in [0.5, 0.6) is 0 Å². The fourth-order valence-electron chi connectivity index (χ4n) is 2.42. The monoisotopic (exact) mass is 325 g/mol. The summed E-state index contributed by atoms with van der Waals surface area (Å²) in [5.41, 5.74) is 1.24. The number of anilines is 1. The van der Waals surface area contributed by atoms with E-state index in [-0.39, 0.29) is 24.2 Å². The van der Waals surface area contributed by atoms with Crippen LogP contribution in [0.25, 0.3) is 0 Å². The zero-order valence-corrected chi connectivity index (χ0v) is 13.7. The van der Waals surface area contributed by atoms with E-state index in [2.05, 4.69) is 16.0 Å². The molecule has 0 aliphatic carbocycles. The van der Waals surface area contributed by atoms with E-state index in [4.69, 9.17) is 0 Å². The van der Waals surface area contributed by atoms with Crippen LogP contribution in [0.3, 0.4) is 0 Å². The van der Waals surface area contributed by atoms with Gasteiger partial charge in [-0.15, -0.1) is 12.4 Å². The molecule has 2 rings (SSSR count). The van der Waals surface area contributed by atoms with Crippen molar-refractivity contribution >= 4 is 29.9 Å². The van der Waals surface area contributed by atoms with Crippen LogP contribution in [0.1, 0.15) is 36.5 Å². The molecule has 122 valence electrons. The third-order valence-electron chi connectivity index (χ3n) is 3.68. The first-order valence-corrected chi connectivity index (χ1v) is 7.58. The predicted octanol–water partition coefficient (Wildman–Crippen LogP) is 2.19. The fraction of sp³-hybridized carbons (Fsp3) is 0.500. The van der Waals surface area contributed by atoms with Gasteiger partial charge >= 0.3 is 0 Å². The van der Waals surface area contributed by atoms with Crippen molar-refractivity contribution in [3.63, 3.8) is 0 Å². The van der Waals surface area contributed by atoms with E-state index in [0.29, 0.717) is 30.1 Å². The summed E-state index contributed by atoms with van der Waals surface area (Å²) in [6.45, 7) is 4.53. The summed E-state index contributed by atoms with van der Waals surface area (Å²) >= 11 is 0. The molecule has 6 heteroatoms. The molecule has 0 spiro atoms. The average molecular weight is 326 g/mol. The van der Waals surface area contributed by atoms with Crippen LogP contribution < -0.4 is 16.0 Å². The fourth-order valence-corrected chi connectivity index (χ4v) is 2.42. The third-order valence-corrected chi connectivity index (χ3v) is 3.68. The van der Waals surface area contributed by atoms with Gasteiger partial charge in [-0.2, -0.15) is 0 Å². The Morgan fingerprint density at radius 1 is 1.36 bits per heavy atom. The first-order chi connectivity index (χ1) is 10.2. The van der Waals surface area contributed by atoms with Crippen molar-refractivity contribution in [2.24, 2.45) is 5.92 Å². The second-order valence-electron chi connectivity index (χ2n) is 5.40. The Bertz CT molecular complexity index is 502. The van der Waals surface area contributed by atoms with Gasteiger partial charge in [-0.05, 0) is 50.0 Å². The second-order valence-corrected chi connectivity index (χ2v) is 5.40. The van der Waals surface area contributed by atoms with Crippen LogP contribution in [0.4, 0.5) is 5.69 Å². The van der Waals surface area contributed by atoms with Crippen molar-refractivity contribution in [3.8, 4) is 0 Å². The topological polar surface area (TPSA) is 70.2 Å². The predicted molar refractivity (Wildman–Crippen MR) is 90.5 cm³/mol. The number of amides is 2. The molecule has 5 nitrogen and oxygen atoms in total. The summed E-state index contributed by atoms with van der Waals surface area (Å²) < 4.78 is 0. The van der Waals surface area contributed by atoms with Gasteiger partial charge in [0, 0.05) is 24.2 Å². The lowest BCUT2D eigenvalue weighted by molar-refractivity contribution is -0.115. The largest absolute Gasteiger partial charge is 0.352 e. The van der Waals surface area contributed by atoms with Gasteiger partial charge in [-0.3, -0.25) is 9.59 Å². The smallest absolute Gasteiger partial charge is 0.251 e. The van der Waals surface area contributed by atoms with Crippen molar-refractivity contribution in [1.29, 1.82) is 0 Å². The highest BCUT2D eigenvalue weighted by molar-refractivity contribution is 5.97. The van der Waals surface area contributed by atoms with E-state index >= 15 is 0 Å². The lowest BCUT2D eigenvalue weighted by Crippen LogP contribution is -2.38. The van der Waals surface area contributed by atoms with Gasteiger partial charge in [-0.25, -0.2) is 0 Å². The number of carbonyl (C=O) groups excluding carboxylic acids is 2. The molecule has 1 aromatic rings. The third kappa shape index (κ3) is 5.66. The van der Waals surface area contributed by atoms with Crippen LogP contribution in [0.15, 0.2) is 24.3 Å². The molecule has 0 radical (unpaired) electrons. The van der Waals surface area contributed by atoms with Gasteiger partial charge in [-0.1, -0.05) is 13.0 Å². The molecule has 1 aliphatic rings. The summed E-state index contributed by atoms with van der Waals surface area (Å²) in [7, 11) is 0. The van der Waals surface area contributed by atoms with Crippen LogP contribution in [-0.4, -0.2) is 31.4 Å². The minimum Gasteiger partial charge on any atom is -0.352 e. The molecule has 22 heavy (non-hydrogen) atoms. The number of halogens is 1. The average Bonchev–Trinajstić information content (AvgIpc) is 2.53. The van der Waals surface area contributed by atoms with Crippen molar-refractivity contribution in [3.05, 3.63) is 29.8 Å². The number of rotatable bonds is 5. The Labute approximate surface area is 137 Å². The molecule has 1 fully saturated rings. The normalized spacial score (nSPS) is 17.2. The zero-order chi connectivity index (χ0) is 15.1. The first kappa shape index (κ1) is 18.5. The lowest BCUT2D eigenvalue weighted by Gasteiger charge is -2.22. The number of hydrogen-bond donors (Lipinski definition) is 3. The summed E-state index contributed by atoms with van der Waals surface area (Å²) in [5, 5.41) is 9.07. The molecule has 1 heterocycles. The van der Waals surface area contributed by atoms with Gasteiger partial charge in [0.05, 0.1) is 0 Å². The highest BCUT2D eigenvalue weighted by Gasteiger charge is 2.14. The Morgan fingerprint density at radius 2 is 2.18 bits per heavy atom. The van der Waals surface area contributed by atoms with Gasteiger partial charge in [0.1, 0.15) is 0 Å². The van der Waals surface area contributed by atoms with E-state index in [1.807, 2.05) is 0 Å². The summed E-state index contributed by atoms with van der Waals surface area (Å²) in [6.07, 6.45) is 2.74. The van der Waals surface area contributed by atoms with E-state index in [0.717, 1.165) is 19.5 Å². The number of benzene rings is 1. The molecule has 2 amide bonds. The molecule has 1 saturated heterocycles. The standard InChI is InChI=1S/C16H23N3O2.ClH/c1-2-15(20)19-14-7-3-6-13(9-14)16(21)18-11-12-5-4-8-17-10-12;/h3,6-7,9,12,17H,2,4-5,8,10-11H2,1H3,(H,18,21)(H,19,20);1H. The maximum Gasteiger partial charge on any atom is 0.251 e. The summed E-state index contributed by atoms with van der Waals surface area (Å²) in [4.78, 5) is 23.5. The SMILES string of the molecule is CCC(=O)Nc1cccc(C(=O)NCC2CCCNC2)c1.Cl. The molecular weight excluding hydrogens is 302 g/mol. The molecule has 1 aromatic carbocycles. The quantitative estimate of drug-likeness (QED) is 0.777. The molecule has 1 aliphatic heterocycles. The molecule has 0 bridgehead atoms. The van der Waals surface area contributed by atoms with E-state index in [1.165, 1.54) is 6.42 Å². The minimum atomic E-state index is -0.0897. The summed E-state index contributed by atoms with van der Waals surface area (Å²) in [5.74, 6) is 0.361. The second kappa shape index (κ2) is 9.43. The van der Waals surface area contributed by atoms with E-state index < -0.39 is 0 Å². The number of piperidine rings is 1. The van der Waals surface area contributed by atoms with Crippen molar-refractivity contribution in [2.75, 3.05) is 25.0 Å². The summed E-state index contributed by atoms with van der Waals surface area (Å²) in [6, 6.07) is 7.04. The van der Waals surface area contributed by atoms with Gasteiger partial charge in [0.15, 0.2) is 0 Å². The lowest BCUT2D eigenvalue weighted by atomic mass is 9.99. The number of carbonyl (C=O) groups is 2. The highest BCUT2D eigenvalue weighted by atomic mass is 35.5. The maximum atomic E-state index is 12.2. The van der Waals surface area contributed by atoms with Crippen LogP contribution in [0.2, 0.25) is 0 Å². The molecule has 1 atom stereocenters. The maximum absolute atomic E-state index is 12.2. The van der Waals surface area contributed by atoms with Gasteiger partial charge < -0.3 is 16.0 Å². The Kier molecular flexibility index (Phi) is 7.91. The molecule has 3 N–H and O–H groups in total. The van der Waals surface area contributed by atoms with Gasteiger partial charge in [0.2, 0.25) is 5.91 Å². The first-order valence-electron chi connectivity index (χ1n) is 7.58. The highest BCUT2D eigenvalue weighted by Crippen LogP contribution is 2.12. The number of nitrogens with one attached hydrogen (secondary N) is 3. The van der Waals surface area contributed by atoms with E-state index in [9.17, 15) is 9.59 Å². The van der Waals surface area contributed by atoms with Crippen molar-refractivity contribution in [1.82, 2.24) is 10.6 Å². The molecule has 0 aromatic heterocycles. The Balaban J connectivity index is 0.00000242. The van der Waals surface area contributed by atoms with Crippen molar-refractivity contribution in [2.45, 2.75) is 26.2 Å². The van der Waals surface area contributed by atoms with Crippen molar-refractivity contribution < 1.29 is 9.59 Å². The van der Waals surface area contributed by atoms with Crippen LogP contribution >= 0.6 is 12.4 Å². The van der Waals surface area contributed by atoms with E-state index in [1.54, 1.807) is 31.2 Å². The number of hydrogen-bond acceptors (Lipinski definition) is 3.